The molecule has 0 saturated heterocycles. The molecule has 0 N–H and O–H groups in total. The van der Waals surface area contributed by atoms with Crippen LogP contribution in [-0.4, -0.2) is 6.61 Å². The average molecular weight is 301 g/mol. The van der Waals surface area contributed by atoms with Gasteiger partial charge in [0, 0.05) is 17.2 Å². The first-order valence-corrected chi connectivity index (χ1v) is 6.48. The molecule has 5 heteroatoms. The predicted molar refractivity (Wildman–Crippen MR) is 71.6 cm³/mol. The van der Waals surface area contributed by atoms with Crippen LogP contribution in [0.5, 0.6) is 5.75 Å². The minimum atomic E-state index is -1.24. The maximum Gasteiger partial charge on any atom is 0.161 e. The van der Waals surface area contributed by atoms with Crippen LogP contribution in [0.3, 0.4) is 0 Å². The molecule has 0 radical (unpaired) electrons. The summed E-state index contributed by atoms with van der Waals surface area (Å²) in [5.41, 5.74) is 0.374. The Labute approximate surface area is 119 Å². The third kappa shape index (κ3) is 2.90. The Morgan fingerprint density at radius 3 is 2.35 bits per heavy atom. The van der Waals surface area contributed by atoms with Gasteiger partial charge in [0.2, 0.25) is 0 Å². The van der Waals surface area contributed by atoms with Gasteiger partial charge in [-0.3, -0.25) is 0 Å². The molecular formula is C15H12ClF3O. The third-order valence-electron chi connectivity index (χ3n) is 2.80. The van der Waals surface area contributed by atoms with E-state index < -0.39 is 22.8 Å². The smallest absolute Gasteiger partial charge is 0.161 e. The van der Waals surface area contributed by atoms with Crippen molar-refractivity contribution in [2.24, 2.45) is 0 Å². The van der Waals surface area contributed by atoms with Crippen molar-refractivity contribution < 1.29 is 17.9 Å². The van der Waals surface area contributed by atoms with Crippen LogP contribution >= 0.6 is 11.6 Å². The highest BCUT2D eigenvalue weighted by molar-refractivity contribution is 6.22. The molecule has 0 aliphatic rings. The summed E-state index contributed by atoms with van der Waals surface area (Å²) in [5.74, 6) is -2.79. The van der Waals surface area contributed by atoms with Crippen molar-refractivity contribution >= 4 is 11.6 Å². The van der Waals surface area contributed by atoms with Gasteiger partial charge >= 0.3 is 0 Å². The number of benzene rings is 2. The SMILES string of the molecule is CCOc1ccccc1C(Cl)c1cc(F)c(F)cc1F. The van der Waals surface area contributed by atoms with Crippen molar-refractivity contribution in [3.63, 3.8) is 0 Å². The first-order valence-electron chi connectivity index (χ1n) is 6.04. The molecule has 0 aromatic heterocycles. The Kier molecular flexibility index (Phi) is 4.55. The number of ether oxygens (including phenoxy) is 1. The van der Waals surface area contributed by atoms with Crippen LogP contribution in [0.25, 0.3) is 0 Å². The molecule has 2 aromatic rings. The van der Waals surface area contributed by atoms with E-state index in [0.29, 0.717) is 24.0 Å². The van der Waals surface area contributed by atoms with Crippen molar-refractivity contribution in [3.05, 3.63) is 65.0 Å². The highest BCUT2D eigenvalue weighted by atomic mass is 35.5. The zero-order chi connectivity index (χ0) is 14.7. The maximum atomic E-state index is 13.8. The van der Waals surface area contributed by atoms with Gasteiger partial charge in [0.25, 0.3) is 0 Å². The van der Waals surface area contributed by atoms with Gasteiger partial charge in [-0.15, -0.1) is 11.6 Å². The monoisotopic (exact) mass is 300 g/mol. The molecule has 1 atom stereocenters. The van der Waals surface area contributed by atoms with Crippen molar-refractivity contribution in [3.8, 4) is 5.75 Å². The Bertz CT molecular complexity index is 616. The molecule has 2 aromatic carbocycles. The van der Waals surface area contributed by atoms with Gasteiger partial charge in [-0.1, -0.05) is 18.2 Å². The molecule has 106 valence electrons. The molecule has 0 aliphatic carbocycles. The summed E-state index contributed by atoms with van der Waals surface area (Å²) < 4.78 is 45.3. The summed E-state index contributed by atoms with van der Waals surface area (Å²) in [7, 11) is 0. The van der Waals surface area contributed by atoms with Crippen molar-refractivity contribution in [2.45, 2.75) is 12.3 Å². The minimum absolute atomic E-state index is 0.127. The molecule has 0 fully saturated rings. The Balaban J connectivity index is 2.46. The number of hydrogen-bond donors (Lipinski definition) is 0. The number of alkyl halides is 1. The second-order valence-corrected chi connectivity index (χ2v) is 4.56. The van der Waals surface area contributed by atoms with Gasteiger partial charge in [-0.2, -0.15) is 0 Å². The molecular weight excluding hydrogens is 289 g/mol. The van der Waals surface area contributed by atoms with E-state index in [2.05, 4.69) is 0 Å². The third-order valence-corrected chi connectivity index (χ3v) is 3.27. The van der Waals surface area contributed by atoms with E-state index in [1.165, 1.54) is 0 Å². The fraction of sp³-hybridized carbons (Fsp3) is 0.200. The average Bonchev–Trinajstić information content (AvgIpc) is 2.43. The van der Waals surface area contributed by atoms with E-state index in [-0.39, 0.29) is 5.56 Å². The molecule has 0 bridgehead atoms. The minimum Gasteiger partial charge on any atom is -0.494 e. The molecule has 0 heterocycles. The van der Waals surface area contributed by atoms with Crippen LogP contribution in [0.1, 0.15) is 23.4 Å². The van der Waals surface area contributed by atoms with Gasteiger partial charge < -0.3 is 4.74 Å². The quantitative estimate of drug-likeness (QED) is 0.580. The molecule has 0 spiro atoms. The van der Waals surface area contributed by atoms with Gasteiger partial charge in [0.15, 0.2) is 11.6 Å². The first-order chi connectivity index (χ1) is 9.54. The van der Waals surface area contributed by atoms with E-state index in [4.69, 9.17) is 16.3 Å². The van der Waals surface area contributed by atoms with E-state index in [9.17, 15) is 13.2 Å². The van der Waals surface area contributed by atoms with Crippen LogP contribution in [0, 0.1) is 17.5 Å². The standard InChI is InChI=1S/C15H12ClF3O/c1-2-20-14-6-4-3-5-9(14)15(16)10-7-12(18)13(19)8-11(10)17/h3-8,15H,2H2,1H3. The van der Waals surface area contributed by atoms with Crippen LogP contribution in [0.4, 0.5) is 13.2 Å². The van der Waals surface area contributed by atoms with E-state index >= 15 is 0 Å². The maximum absolute atomic E-state index is 13.8. The zero-order valence-corrected chi connectivity index (χ0v) is 11.4. The molecule has 1 unspecified atom stereocenters. The predicted octanol–water partition coefficient (Wildman–Crippen LogP) is 4.83. The zero-order valence-electron chi connectivity index (χ0n) is 10.7. The molecule has 0 aliphatic heterocycles. The number of halogens is 4. The second kappa shape index (κ2) is 6.18. The lowest BCUT2D eigenvalue weighted by molar-refractivity contribution is 0.336. The van der Waals surface area contributed by atoms with Crippen LogP contribution < -0.4 is 4.74 Å². The summed E-state index contributed by atoms with van der Waals surface area (Å²) in [6.07, 6.45) is 0. The summed E-state index contributed by atoms with van der Waals surface area (Å²) in [6.45, 7) is 2.22. The summed E-state index contributed by atoms with van der Waals surface area (Å²) in [5, 5.41) is -0.965. The van der Waals surface area contributed by atoms with Crippen LogP contribution in [0.2, 0.25) is 0 Å². The number of hydrogen-bond acceptors (Lipinski definition) is 1. The molecule has 0 saturated carbocycles. The normalized spacial score (nSPS) is 12.2. The fourth-order valence-electron chi connectivity index (χ4n) is 1.88. The molecule has 1 nitrogen and oxygen atoms in total. The Morgan fingerprint density at radius 1 is 1.00 bits per heavy atom. The van der Waals surface area contributed by atoms with Gasteiger partial charge in [-0.25, -0.2) is 13.2 Å². The number of para-hydroxylation sites is 1. The topological polar surface area (TPSA) is 9.23 Å². The second-order valence-electron chi connectivity index (χ2n) is 4.12. The van der Waals surface area contributed by atoms with Gasteiger partial charge in [-0.05, 0) is 19.1 Å². The van der Waals surface area contributed by atoms with E-state index in [0.717, 1.165) is 6.07 Å². The lowest BCUT2D eigenvalue weighted by Crippen LogP contribution is -2.03. The largest absolute Gasteiger partial charge is 0.494 e. The van der Waals surface area contributed by atoms with Gasteiger partial charge in [0.1, 0.15) is 11.6 Å². The molecule has 2 rings (SSSR count). The van der Waals surface area contributed by atoms with Crippen molar-refractivity contribution in [2.75, 3.05) is 6.61 Å². The van der Waals surface area contributed by atoms with Gasteiger partial charge in [0.05, 0.1) is 12.0 Å². The molecule has 20 heavy (non-hydrogen) atoms. The Hall–Kier alpha value is -1.68. The highest BCUT2D eigenvalue weighted by Crippen LogP contribution is 2.36. The van der Waals surface area contributed by atoms with Crippen LogP contribution in [0.15, 0.2) is 36.4 Å². The fourth-order valence-corrected chi connectivity index (χ4v) is 2.22. The number of rotatable bonds is 4. The van der Waals surface area contributed by atoms with Crippen molar-refractivity contribution in [1.29, 1.82) is 0 Å². The van der Waals surface area contributed by atoms with Crippen LogP contribution in [-0.2, 0) is 0 Å². The summed E-state index contributed by atoms with van der Waals surface area (Å²) in [6, 6.07) is 8.06. The summed E-state index contributed by atoms with van der Waals surface area (Å²) >= 11 is 6.19. The van der Waals surface area contributed by atoms with Crippen molar-refractivity contribution in [1.82, 2.24) is 0 Å². The lowest BCUT2D eigenvalue weighted by atomic mass is 10.0. The van der Waals surface area contributed by atoms with E-state index in [1.807, 2.05) is 0 Å². The molecule has 0 amide bonds. The summed E-state index contributed by atoms with van der Waals surface area (Å²) in [4.78, 5) is 0. The van der Waals surface area contributed by atoms with E-state index in [1.54, 1.807) is 31.2 Å². The lowest BCUT2D eigenvalue weighted by Gasteiger charge is -2.16. The first kappa shape index (κ1) is 14.7. The Morgan fingerprint density at radius 2 is 1.65 bits per heavy atom. The highest BCUT2D eigenvalue weighted by Gasteiger charge is 2.21.